The fourth-order valence-electron chi connectivity index (χ4n) is 2.15. The first-order valence-corrected chi connectivity index (χ1v) is 10.1. The molecule has 26 heavy (non-hydrogen) atoms. The van der Waals surface area contributed by atoms with Gasteiger partial charge in [0.05, 0.1) is 25.3 Å². The zero-order valence-electron chi connectivity index (χ0n) is 14.2. The van der Waals surface area contributed by atoms with Crippen LogP contribution in [0.5, 0.6) is 5.75 Å². The van der Waals surface area contributed by atoms with Gasteiger partial charge >= 0.3 is 0 Å². The van der Waals surface area contributed by atoms with E-state index in [1.165, 1.54) is 13.3 Å². The number of halogens is 1. The molecule has 0 heterocycles. The molecule has 0 aliphatic carbocycles. The molecule has 1 amide bonds. The fourth-order valence-corrected chi connectivity index (χ4v) is 3.43. The maximum atomic E-state index is 12.1. The van der Waals surface area contributed by atoms with Gasteiger partial charge in [-0.25, -0.2) is 13.8 Å². The Morgan fingerprint density at radius 1 is 1.27 bits per heavy atom. The van der Waals surface area contributed by atoms with E-state index in [0.29, 0.717) is 5.75 Å². The summed E-state index contributed by atoms with van der Waals surface area (Å²) in [6.07, 6.45) is 2.49. The van der Waals surface area contributed by atoms with Crippen molar-refractivity contribution in [3.8, 4) is 5.75 Å². The summed E-state index contributed by atoms with van der Waals surface area (Å²) in [6.45, 7) is -0.422. The van der Waals surface area contributed by atoms with Crippen molar-refractivity contribution in [2.24, 2.45) is 5.10 Å². The summed E-state index contributed by atoms with van der Waals surface area (Å²) in [7, 11) is -2.26. The highest BCUT2D eigenvalue weighted by molar-refractivity contribution is 9.10. The minimum absolute atomic E-state index is 0.281. The van der Waals surface area contributed by atoms with Crippen LogP contribution in [0.4, 0.5) is 5.69 Å². The van der Waals surface area contributed by atoms with Gasteiger partial charge in [0.15, 0.2) is 0 Å². The van der Waals surface area contributed by atoms with Crippen LogP contribution in [0.15, 0.2) is 58.1 Å². The third kappa shape index (κ3) is 5.57. The number of hydrazone groups is 1. The fraction of sp³-hybridized carbons (Fsp3) is 0.176. The lowest BCUT2D eigenvalue weighted by molar-refractivity contribution is -0.119. The van der Waals surface area contributed by atoms with Crippen LogP contribution in [0.3, 0.4) is 0 Å². The largest absolute Gasteiger partial charge is 0.495 e. The van der Waals surface area contributed by atoms with E-state index in [-0.39, 0.29) is 5.69 Å². The summed E-state index contributed by atoms with van der Waals surface area (Å²) >= 11 is 3.34. The quantitative estimate of drug-likeness (QED) is 0.529. The van der Waals surface area contributed by atoms with Crippen molar-refractivity contribution >= 4 is 43.8 Å². The van der Waals surface area contributed by atoms with E-state index in [1.807, 2.05) is 24.3 Å². The SMILES string of the molecule is COc1ccccc1N(CC(=O)N/N=C/c1cccc(Br)c1)S(C)(=O)=O. The van der Waals surface area contributed by atoms with Crippen molar-refractivity contribution < 1.29 is 17.9 Å². The van der Waals surface area contributed by atoms with Crippen molar-refractivity contribution in [2.45, 2.75) is 0 Å². The number of rotatable bonds is 7. The second-order valence-corrected chi connectivity index (χ2v) is 8.11. The normalized spacial score (nSPS) is 11.3. The molecule has 0 spiro atoms. The number of nitrogens with one attached hydrogen (secondary N) is 1. The summed E-state index contributed by atoms with van der Waals surface area (Å²) in [5.74, 6) is -0.226. The Bertz CT molecular complexity index is 916. The topological polar surface area (TPSA) is 88.1 Å². The first-order chi connectivity index (χ1) is 12.3. The molecule has 0 saturated carbocycles. The monoisotopic (exact) mass is 439 g/mol. The van der Waals surface area contributed by atoms with E-state index >= 15 is 0 Å². The van der Waals surface area contributed by atoms with Crippen LogP contribution in [0.1, 0.15) is 5.56 Å². The Morgan fingerprint density at radius 2 is 2.00 bits per heavy atom. The van der Waals surface area contributed by atoms with Gasteiger partial charge in [0, 0.05) is 4.47 Å². The Kier molecular flexibility index (Phi) is 6.76. The average Bonchev–Trinajstić information content (AvgIpc) is 2.59. The van der Waals surface area contributed by atoms with Crippen molar-refractivity contribution in [3.05, 3.63) is 58.6 Å². The standard InChI is InChI=1S/C17H18BrN3O4S/c1-25-16-9-4-3-8-15(16)21(26(2,23)24)12-17(22)20-19-11-13-6-5-7-14(18)10-13/h3-11H,12H2,1-2H3,(H,20,22)/b19-11+. The van der Waals surface area contributed by atoms with Crippen LogP contribution in [-0.4, -0.2) is 40.4 Å². The van der Waals surface area contributed by atoms with Crippen molar-refractivity contribution in [1.82, 2.24) is 5.43 Å². The maximum Gasteiger partial charge on any atom is 0.260 e. The van der Waals surface area contributed by atoms with Crippen LogP contribution in [0, 0.1) is 0 Å². The molecule has 0 bridgehead atoms. The number of hydrogen-bond donors (Lipinski definition) is 1. The lowest BCUT2D eigenvalue weighted by Crippen LogP contribution is -2.39. The number of sulfonamides is 1. The highest BCUT2D eigenvalue weighted by Crippen LogP contribution is 2.29. The number of ether oxygens (including phenoxy) is 1. The molecule has 0 saturated heterocycles. The number of para-hydroxylation sites is 2. The molecular weight excluding hydrogens is 422 g/mol. The summed E-state index contributed by atoms with van der Waals surface area (Å²) in [5.41, 5.74) is 3.39. The summed E-state index contributed by atoms with van der Waals surface area (Å²) < 4.78 is 31.3. The average molecular weight is 440 g/mol. The van der Waals surface area contributed by atoms with Crippen LogP contribution >= 0.6 is 15.9 Å². The van der Waals surface area contributed by atoms with Gasteiger partial charge in [-0.3, -0.25) is 9.10 Å². The molecular formula is C17H18BrN3O4S. The Hall–Kier alpha value is -2.39. The summed E-state index contributed by atoms with van der Waals surface area (Å²) in [5, 5.41) is 3.86. The van der Waals surface area contributed by atoms with Gasteiger partial charge < -0.3 is 4.74 Å². The summed E-state index contributed by atoms with van der Waals surface area (Å²) in [6, 6.07) is 13.9. The van der Waals surface area contributed by atoms with Gasteiger partial charge in [0.1, 0.15) is 12.3 Å². The molecule has 0 aromatic heterocycles. The number of methoxy groups -OCH3 is 1. The number of carbonyl (C=O) groups excluding carboxylic acids is 1. The summed E-state index contributed by atoms with van der Waals surface area (Å²) in [4.78, 5) is 12.1. The molecule has 2 aromatic carbocycles. The van der Waals surface area contributed by atoms with E-state index in [9.17, 15) is 13.2 Å². The lowest BCUT2D eigenvalue weighted by atomic mass is 10.2. The lowest BCUT2D eigenvalue weighted by Gasteiger charge is -2.23. The molecule has 138 valence electrons. The first kappa shape index (κ1) is 19.9. The van der Waals surface area contributed by atoms with E-state index in [1.54, 1.807) is 24.3 Å². The first-order valence-electron chi connectivity index (χ1n) is 7.49. The Balaban J connectivity index is 2.12. The Morgan fingerprint density at radius 3 is 2.65 bits per heavy atom. The number of benzene rings is 2. The molecule has 7 nitrogen and oxygen atoms in total. The van der Waals surface area contributed by atoms with Crippen molar-refractivity contribution in [1.29, 1.82) is 0 Å². The zero-order valence-corrected chi connectivity index (χ0v) is 16.6. The van der Waals surface area contributed by atoms with Gasteiger partial charge in [0.25, 0.3) is 5.91 Å². The second kappa shape index (κ2) is 8.81. The predicted molar refractivity (Wildman–Crippen MR) is 105 cm³/mol. The minimum atomic E-state index is -3.69. The van der Waals surface area contributed by atoms with Gasteiger partial charge in [0.2, 0.25) is 10.0 Å². The van der Waals surface area contributed by atoms with Crippen LogP contribution in [0.25, 0.3) is 0 Å². The molecule has 0 fully saturated rings. The maximum absolute atomic E-state index is 12.1. The molecule has 2 aromatic rings. The molecule has 2 rings (SSSR count). The van der Waals surface area contributed by atoms with E-state index in [4.69, 9.17) is 4.74 Å². The molecule has 9 heteroatoms. The van der Waals surface area contributed by atoms with E-state index in [0.717, 1.165) is 20.6 Å². The molecule has 0 unspecified atom stereocenters. The number of carbonyl (C=O) groups is 1. The highest BCUT2D eigenvalue weighted by atomic mass is 79.9. The minimum Gasteiger partial charge on any atom is -0.495 e. The van der Waals surface area contributed by atoms with Gasteiger partial charge in [-0.05, 0) is 29.8 Å². The van der Waals surface area contributed by atoms with Gasteiger partial charge in [-0.15, -0.1) is 0 Å². The van der Waals surface area contributed by atoms with E-state index in [2.05, 4.69) is 26.5 Å². The zero-order chi connectivity index (χ0) is 19.2. The molecule has 0 aliphatic heterocycles. The van der Waals surface area contributed by atoms with E-state index < -0.39 is 22.5 Å². The van der Waals surface area contributed by atoms with Gasteiger partial charge in [-0.2, -0.15) is 5.10 Å². The number of amides is 1. The molecule has 1 N–H and O–H groups in total. The highest BCUT2D eigenvalue weighted by Gasteiger charge is 2.23. The van der Waals surface area contributed by atoms with Crippen LogP contribution in [0.2, 0.25) is 0 Å². The number of nitrogens with zero attached hydrogens (tertiary/aromatic N) is 2. The molecule has 0 aliphatic rings. The molecule has 0 radical (unpaired) electrons. The third-order valence-electron chi connectivity index (χ3n) is 3.29. The van der Waals surface area contributed by atoms with Crippen LogP contribution < -0.4 is 14.5 Å². The third-order valence-corrected chi connectivity index (χ3v) is 4.91. The number of hydrogen-bond acceptors (Lipinski definition) is 5. The Labute approximate surface area is 160 Å². The second-order valence-electron chi connectivity index (χ2n) is 5.29. The smallest absolute Gasteiger partial charge is 0.260 e. The van der Waals surface area contributed by atoms with Gasteiger partial charge in [-0.1, -0.05) is 40.2 Å². The predicted octanol–water partition coefficient (Wildman–Crippen LogP) is 2.37. The van der Waals surface area contributed by atoms with Crippen molar-refractivity contribution in [3.63, 3.8) is 0 Å². The molecule has 0 atom stereocenters. The number of anilines is 1. The van der Waals surface area contributed by atoms with Crippen molar-refractivity contribution in [2.75, 3.05) is 24.2 Å². The van der Waals surface area contributed by atoms with Crippen LogP contribution in [-0.2, 0) is 14.8 Å².